The number of ether oxygens (including phenoxy) is 4. The van der Waals surface area contributed by atoms with Crippen molar-refractivity contribution in [2.75, 3.05) is 72.5 Å². The molecule has 12 heteroatoms. The Kier molecular flexibility index (Phi) is 11.5. The van der Waals surface area contributed by atoms with Gasteiger partial charge in [-0.15, -0.1) is 0 Å². The molecule has 4 unspecified atom stereocenters. The minimum absolute atomic E-state index is 0.342. The first kappa shape index (κ1) is 24.8. The van der Waals surface area contributed by atoms with Crippen LogP contribution in [0.1, 0.15) is 0 Å². The predicted molar refractivity (Wildman–Crippen MR) is 141 cm³/mol. The van der Waals surface area contributed by atoms with E-state index in [-0.39, 0.29) is 0 Å². The molecule has 0 aliphatic carbocycles. The van der Waals surface area contributed by atoms with Crippen molar-refractivity contribution >= 4 is 86.4 Å². The van der Waals surface area contributed by atoms with Gasteiger partial charge in [0.05, 0.1) is 50.8 Å². The minimum atomic E-state index is 0.342. The Morgan fingerprint density at radius 1 is 0.448 bits per heavy atom. The van der Waals surface area contributed by atoms with Crippen LogP contribution in [0.15, 0.2) is 0 Å². The van der Waals surface area contributed by atoms with Crippen LogP contribution < -0.4 is 0 Å². The van der Waals surface area contributed by atoms with Crippen LogP contribution >= 0.6 is 86.4 Å². The van der Waals surface area contributed by atoms with Gasteiger partial charge in [-0.2, -0.15) is 0 Å². The monoisotopic (exact) mass is 552 g/mol. The molecule has 0 saturated carbocycles. The van der Waals surface area contributed by atoms with E-state index in [0.717, 1.165) is 49.4 Å². The fourth-order valence-corrected chi connectivity index (χ4v) is 14.1. The van der Waals surface area contributed by atoms with Crippen molar-refractivity contribution in [3.05, 3.63) is 0 Å². The van der Waals surface area contributed by atoms with Crippen LogP contribution in [0.25, 0.3) is 0 Å². The van der Waals surface area contributed by atoms with Crippen LogP contribution in [0, 0.1) is 5.41 Å². The Bertz CT molecular complexity index is 389. The van der Waals surface area contributed by atoms with Crippen molar-refractivity contribution in [1.29, 1.82) is 0 Å². The predicted octanol–water partition coefficient (Wildman–Crippen LogP) is 5.09. The van der Waals surface area contributed by atoms with Gasteiger partial charge in [-0.3, -0.25) is 0 Å². The number of hydrogen-bond donors (Lipinski definition) is 0. The standard InChI is InChI=1S/C17H28O4S8/c1-13(18-1)5-22-26-9-17(10-27-23-6-14-2-19-14,11-28-24-7-15-3-20-15)12-29-25-8-16-4-21-16/h13-16H,1-12H2. The summed E-state index contributed by atoms with van der Waals surface area (Å²) in [5.74, 6) is 9.34. The smallest absolute Gasteiger partial charge is 0.0908 e. The summed E-state index contributed by atoms with van der Waals surface area (Å²) in [6.45, 7) is 3.83. The zero-order valence-corrected chi connectivity index (χ0v) is 22.7. The Morgan fingerprint density at radius 3 is 0.897 bits per heavy atom. The highest BCUT2D eigenvalue weighted by Gasteiger charge is 2.34. The number of epoxide rings is 4. The van der Waals surface area contributed by atoms with E-state index in [0.29, 0.717) is 29.8 Å². The third-order valence-corrected chi connectivity index (χ3v) is 15.1. The second kappa shape index (κ2) is 13.5. The molecule has 0 spiro atoms. The second-order valence-electron chi connectivity index (χ2n) is 7.51. The van der Waals surface area contributed by atoms with E-state index >= 15 is 0 Å². The van der Waals surface area contributed by atoms with Gasteiger partial charge in [-0.25, -0.2) is 0 Å². The molecule has 0 aromatic rings. The van der Waals surface area contributed by atoms with E-state index in [1.165, 1.54) is 23.0 Å². The summed E-state index contributed by atoms with van der Waals surface area (Å²) in [6, 6.07) is 0. The third-order valence-electron chi connectivity index (χ3n) is 4.42. The summed E-state index contributed by atoms with van der Waals surface area (Å²) < 4.78 is 21.5. The Morgan fingerprint density at radius 2 is 0.690 bits per heavy atom. The molecule has 4 nitrogen and oxygen atoms in total. The average molecular weight is 553 g/mol. The van der Waals surface area contributed by atoms with Crippen LogP contribution in [-0.2, 0) is 18.9 Å². The quantitative estimate of drug-likeness (QED) is 0.115. The molecule has 0 N–H and O–H groups in total. The molecule has 0 amide bonds. The van der Waals surface area contributed by atoms with Gasteiger partial charge in [0.1, 0.15) is 0 Å². The van der Waals surface area contributed by atoms with E-state index in [9.17, 15) is 0 Å². The molecule has 29 heavy (non-hydrogen) atoms. The van der Waals surface area contributed by atoms with Crippen LogP contribution in [0.3, 0.4) is 0 Å². The minimum Gasteiger partial charge on any atom is -0.372 e. The van der Waals surface area contributed by atoms with Crippen LogP contribution in [0.5, 0.6) is 0 Å². The highest BCUT2D eigenvalue weighted by molar-refractivity contribution is 8.78. The van der Waals surface area contributed by atoms with Crippen molar-refractivity contribution < 1.29 is 18.9 Å². The molecule has 4 atom stereocenters. The lowest BCUT2D eigenvalue weighted by Gasteiger charge is -2.32. The van der Waals surface area contributed by atoms with Crippen molar-refractivity contribution in [3.63, 3.8) is 0 Å². The first-order chi connectivity index (χ1) is 14.3. The van der Waals surface area contributed by atoms with Crippen LogP contribution in [-0.4, -0.2) is 96.9 Å². The number of rotatable bonds is 20. The van der Waals surface area contributed by atoms with Crippen LogP contribution in [0.4, 0.5) is 0 Å². The molecule has 4 aliphatic heterocycles. The highest BCUT2D eigenvalue weighted by atomic mass is 33.1. The summed E-state index contributed by atoms with van der Waals surface area (Å²) >= 11 is 0. The molecule has 4 heterocycles. The summed E-state index contributed by atoms with van der Waals surface area (Å²) in [5, 5.41) is 0. The Labute approximate surface area is 206 Å². The maximum atomic E-state index is 5.37. The van der Waals surface area contributed by atoms with E-state index < -0.39 is 0 Å². The topological polar surface area (TPSA) is 50.1 Å². The Hall–Kier alpha value is 2.64. The van der Waals surface area contributed by atoms with E-state index in [2.05, 4.69) is 43.2 Å². The number of hydrogen-bond acceptors (Lipinski definition) is 12. The van der Waals surface area contributed by atoms with Crippen LogP contribution in [0.2, 0.25) is 0 Å². The summed E-state index contributed by atoms with van der Waals surface area (Å²) in [6.07, 6.45) is 2.05. The first-order valence-corrected chi connectivity index (χ1v) is 19.7. The molecule has 0 bridgehead atoms. The molecule has 4 saturated heterocycles. The van der Waals surface area contributed by atoms with Gasteiger partial charge < -0.3 is 18.9 Å². The third kappa shape index (κ3) is 11.6. The fourth-order valence-electron chi connectivity index (χ4n) is 2.07. The maximum absolute atomic E-state index is 5.37. The van der Waals surface area contributed by atoms with Crippen molar-refractivity contribution in [2.45, 2.75) is 24.4 Å². The van der Waals surface area contributed by atoms with Gasteiger partial charge in [0.2, 0.25) is 0 Å². The van der Waals surface area contributed by atoms with Gasteiger partial charge in [0, 0.05) is 51.4 Å². The lowest BCUT2D eigenvalue weighted by atomic mass is 9.99. The molecule has 4 fully saturated rings. The fraction of sp³-hybridized carbons (Fsp3) is 1.00. The largest absolute Gasteiger partial charge is 0.372 e. The van der Waals surface area contributed by atoms with Gasteiger partial charge in [0.15, 0.2) is 0 Å². The van der Waals surface area contributed by atoms with E-state index in [1.807, 2.05) is 43.2 Å². The molecule has 4 aliphatic rings. The van der Waals surface area contributed by atoms with Crippen molar-refractivity contribution in [2.24, 2.45) is 5.41 Å². The summed E-state index contributed by atoms with van der Waals surface area (Å²) in [4.78, 5) is 0. The van der Waals surface area contributed by atoms with Crippen molar-refractivity contribution in [1.82, 2.24) is 0 Å². The molecular formula is C17H28O4S8. The maximum Gasteiger partial charge on any atom is 0.0908 e. The van der Waals surface area contributed by atoms with Gasteiger partial charge in [-0.05, 0) is 0 Å². The normalized spacial score (nSPS) is 31.4. The molecule has 4 rings (SSSR count). The molecule has 0 aromatic carbocycles. The van der Waals surface area contributed by atoms with Gasteiger partial charge in [0.25, 0.3) is 0 Å². The molecule has 168 valence electrons. The zero-order chi connectivity index (χ0) is 19.8. The second-order valence-corrected chi connectivity index (χ2v) is 17.5. The molecule has 0 radical (unpaired) electrons. The van der Waals surface area contributed by atoms with Crippen molar-refractivity contribution in [3.8, 4) is 0 Å². The zero-order valence-electron chi connectivity index (χ0n) is 16.2. The Balaban J connectivity index is 1.22. The van der Waals surface area contributed by atoms with E-state index in [1.54, 1.807) is 0 Å². The summed E-state index contributed by atoms with van der Waals surface area (Å²) in [7, 11) is 16.2. The first-order valence-electron chi connectivity index (χ1n) is 9.75. The van der Waals surface area contributed by atoms with E-state index in [4.69, 9.17) is 18.9 Å². The van der Waals surface area contributed by atoms with Gasteiger partial charge in [-0.1, -0.05) is 86.4 Å². The van der Waals surface area contributed by atoms with Gasteiger partial charge >= 0.3 is 0 Å². The lowest BCUT2D eigenvalue weighted by molar-refractivity contribution is 0.426. The SMILES string of the molecule is C1OC1CSSCC(CSSCC1CO1)(CSSCC1CO1)CSSCC1CO1. The highest BCUT2D eigenvalue weighted by Crippen LogP contribution is 2.46. The molecule has 0 aromatic heterocycles. The molecular weight excluding hydrogens is 525 g/mol. The summed E-state index contributed by atoms with van der Waals surface area (Å²) in [5.41, 5.74) is 0.342. The lowest BCUT2D eigenvalue weighted by Crippen LogP contribution is -2.32. The average Bonchev–Trinajstić information content (AvgIpc) is 3.57.